The van der Waals surface area contributed by atoms with Crippen LogP contribution in [0.15, 0.2) is 18.3 Å². The fourth-order valence-corrected chi connectivity index (χ4v) is 0.858. The Morgan fingerprint density at radius 1 is 1.36 bits per heavy atom. The van der Waals surface area contributed by atoms with E-state index in [0.29, 0.717) is 0 Å². The number of aliphatic carboxylic acids is 1. The molecular formula is C8H8N2O4. The van der Waals surface area contributed by atoms with Gasteiger partial charge in [0.2, 0.25) is 0 Å². The van der Waals surface area contributed by atoms with Crippen molar-refractivity contribution in [2.24, 2.45) is 5.73 Å². The molecule has 0 saturated heterocycles. The Hall–Kier alpha value is -1.95. The summed E-state index contributed by atoms with van der Waals surface area (Å²) < 4.78 is 0. The Balaban J connectivity index is 2.94. The lowest BCUT2D eigenvalue weighted by molar-refractivity contribution is -0.138. The van der Waals surface area contributed by atoms with Gasteiger partial charge in [-0.3, -0.25) is 4.79 Å². The molecule has 1 rings (SSSR count). The van der Waals surface area contributed by atoms with Gasteiger partial charge in [-0.1, -0.05) is 6.07 Å². The van der Waals surface area contributed by atoms with Gasteiger partial charge in [-0.2, -0.15) is 0 Å². The van der Waals surface area contributed by atoms with Gasteiger partial charge in [0.25, 0.3) is 0 Å². The van der Waals surface area contributed by atoms with Gasteiger partial charge in [-0.25, -0.2) is 9.78 Å². The minimum atomic E-state index is -1.19. The van der Waals surface area contributed by atoms with E-state index in [-0.39, 0.29) is 11.3 Å². The van der Waals surface area contributed by atoms with E-state index < -0.39 is 18.0 Å². The molecule has 1 unspecified atom stereocenters. The number of pyridine rings is 1. The summed E-state index contributed by atoms with van der Waals surface area (Å²) in [5, 5.41) is 17.1. The molecule has 0 saturated carbocycles. The fraction of sp³-hybridized carbons (Fsp3) is 0.125. The highest BCUT2D eigenvalue weighted by Gasteiger charge is 2.15. The molecule has 0 spiro atoms. The molecule has 1 aromatic heterocycles. The lowest BCUT2D eigenvalue weighted by atomic mass is 10.1. The predicted octanol–water partition coefficient (Wildman–Crippen LogP) is -0.136. The number of carbonyl (C=O) groups is 2. The molecule has 1 atom stereocenters. The first-order chi connectivity index (χ1) is 6.52. The van der Waals surface area contributed by atoms with Crippen LogP contribution in [-0.4, -0.2) is 27.1 Å². The second-order valence-electron chi connectivity index (χ2n) is 2.60. The zero-order chi connectivity index (χ0) is 10.7. The van der Waals surface area contributed by atoms with Gasteiger partial charge in [0.05, 0.1) is 0 Å². The van der Waals surface area contributed by atoms with Gasteiger partial charge in [0, 0.05) is 6.20 Å². The number of carboxylic acid groups (broad SMARTS) is 2. The van der Waals surface area contributed by atoms with Crippen molar-refractivity contribution in [2.45, 2.75) is 6.04 Å². The summed E-state index contributed by atoms with van der Waals surface area (Å²) in [6.45, 7) is 0. The first-order valence-corrected chi connectivity index (χ1v) is 3.70. The highest BCUT2D eigenvalue weighted by molar-refractivity contribution is 5.85. The van der Waals surface area contributed by atoms with Crippen LogP contribution >= 0.6 is 0 Å². The summed E-state index contributed by atoms with van der Waals surface area (Å²) in [4.78, 5) is 24.4. The maximum atomic E-state index is 10.4. The molecule has 0 amide bonds. The predicted molar refractivity (Wildman–Crippen MR) is 45.8 cm³/mol. The van der Waals surface area contributed by atoms with Crippen LogP contribution in [0.25, 0.3) is 0 Å². The number of aromatic nitrogens is 1. The van der Waals surface area contributed by atoms with Crippen molar-refractivity contribution in [3.63, 3.8) is 0 Å². The number of carboxylic acids is 2. The maximum absolute atomic E-state index is 10.4. The van der Waals surface area contributed by atoms with Crippen LogP contribution in [0.1, 0.15) is 22.1 Å². The Bertz CT molecular complexity index is 360. The van der Waals surface area contributed by atoms with Gasteiger partial charge in [-0.15, -0.1) is 0 Å². The van der Waals surface area contributed by atoms with Gasteiger partial charge in [0.1, 0.15) is 11.7 Å². The molecule has 0 aliphatic carbocycles. The molecule has 1 heterocycles. The van der Waals surface area contributed by atoms with Gasteiger partial charge in [0.15, 0.2) is 0 Å². The molecule has 0 aliphatic rings. The van der Waals surface area contributed by atoms with E-state index in [1.165, 1.54) is 12.1 Å². The van der Waals surface area contributed by atoms with Crippen LogP contribution in [-0.2, 0) is 4.79 Å². The van der Waals surface area contributed by atoms with E-state index in [0.717, 1.165) is 6.20 Å². The standard InChI is InChI=1S/C8H8N2O4/c9-6(8(13)14)4-1-2-5(7(11)12)10-3-4/h1-3,6H,9H2,(H,11,12)(H,13,14). The van der Waals surface area contributed by atoms with Crippen molar-refractivity contribution in [3.05, 3.63) is 29.6 Å². The second-order valence-corrected chi connectivity index (χ2v) is 2.60. The van der Waals surface area contributed by atoms with Gasteiger partial charge >= 0.3 is 11.9 Å². The summed E-state index contributed by atoms with van der Waals surface area (Å²) in [7, 11) is 0. The number of hydrogen-bond acceptors (Lipinski definition) is 4. The maximum Gasteiger partial charge on any atom is 0.354 e. The summed E-state index contributed by atoms with van der Waals surface area (Å²) in [6, 6.07) is 1.36. The third kappa shape index (κ3) is 2.05. The van der Waals surface area contributed by atoms with E-state index in [1.54, 1.807) is 0 Å². The zero-order valence-corrected chi connectivity index (χ0v) is 7.04. The third-order valence-corrected chi connectivity index (χ3v) is 1.63. The van der Waals surface area contributed by atoms with Crippen LogP contribution in [0, 0.1) is 0 Å². The molecule has 4 N–H and O–H groups in total. The number of hydrogen-bond donors (Lipinski definition) is 3. The van der Waals surface area contributed by atoms with E-state index in [1.807, 2.05) is 0 Å². The monoisotopic (exact) mass is 196 g/mol. The summed E-state index contributed by atoms with van der Waals surface area (Å²) in [5.74, 6) is -2.35. The van der Waals surface area contributed by atoms with Crippen molar-refractivity contribution in [3.8, 4) is 0 Å². The van der Waals surface area contributed by atoms with E-state index >= 15 is 0 Å². The lowest BCUT2D eigenvalue weighted by Gasteiger charge is -2.05. The Morgan fingerprint density at radius 3 is 2.36 bits per heavy atom. The number of rotatable bonds is 3. The molecule has 1 aromatic rings. The molecule has 0 bridgehead atoms. The average molecular weight is 196 g/mol. The van der Waals surface area contributed by atoms with E-state index in [9.17, 15) is 9.59 Å². The number of nitrogens with two attached hydrogens (primary N) is 1. The first-order valence-electron chi connectivity index (χ1n) is 3.70. The molecule has 0 radical (unpaired) electrons. The highest BCUT2D eigenvalue weighted by atomic mass is 16.4. The lowest BCUT2D eigenvalue weighted by Crippen LogP contribution is -2.20. The van der Waals surface area contributed by atoms with Crippen molar-refractivity contribution in [1.29, 1.82) is 0 Å². The third-order valence-electron chi connectivity index (χ3n) is 1.63. The smallest absolute Gasteiger partial charge is 0.354 e. The Kier molecular flexibility index (Phi) is 2.78. The van der Waals surface area contributed by atoms with Crippen molar-refractivity contribution in [1.82, 2.24) is 4.98 Å². The topological polar surface area (TPSA) is 114 Å². The largest absolute Gasteiger partial charge is 0.480 e. The first kappa shape index (κ1) is 10.1. The fourth-order valence-electron chi connectivity index (χ4n) is 0.858. The summed E-state index contributed by atoms with van der Waals surface area (Å²) >= 11 is 0. The molecule has 0 aromatic carbocycles. The quantitative estimate of drug-likeness (QED) is 0.620. The minimum absolute atomic E-state index is 0.147. The molecular weight excluding hydrogens is 188 g/mol. The normalized spacial score (nSPS) is 12.1. The minimum Gasteiger partial charge on any atom is -0.480 e. The van der Waals surface area contributed by atoms with Crippen LogP contribution in [0.5, 0.6) is 0 Å². The molecule has 0 aliphatic heterocycles. The van der Waals surface area contributed by atoms with Crippen molar-refractivity contribution in [2.75, 3.05) is 0 Å². The van der Waals surface area contributed by atoms with Crippen LogP contribution in [0.2, 0.25) is 0 Å². The molecule has 6 nitrogen and oxygen atoms in total. The number of aromatic carboxylic acids is 1. The van der Waals surface area contributed by atoms with Crippen molar-refractivity contribution < 1.29 is 19.8 Å². The molecule has 74 valence electrons. The Labute approximate surface area is 79.0 Å². The second kappa shape index (κ2) is 3.84. The highest BCUT2D eigenvalue weighted by Crippen LogP contribution is 2.09. The molecule has 0 fully saturated rings. The molecule has 6 heteroatoms. The molecule has 14 heavy (non-hydrogen) atoms. The summed E-state index contributed by atoms with van der Waals surface area (Å²) in [5.41, 5.74) is 5.40. The SMILES string of the molecule is NC(C(=O)O)c1ccc(C(=O)O)nc1. The van der Waals surface area contributed by atoms with E-state index in [2.05, 4.69) is 4.98 Å². The van der Waals surface area contributed by atoms with Gasteiger partial charge in [-0.05, 0) is 11.6 Å². The van der Waals surface area contributed by atoms with Crippen molar-refractivity contribution >= 4 is 11.9 Å². The number of nitrogens with zero attached hydrogens (tertiary/aromatic N) is 1. The van der Waals surface area contributed by atoms with Crippen LogP contribution in [0.3, 0.4) is 0 Å². The Morgan fingerprint density at radius 2 is 2.00 bits per heavy atom. The average Bonchev–Trinajstić information content (AvgIpc) is 2.16. The zero-order valence-electron chi connectivity index (χ0n) is 7.04. The van der Waals surface area contributed by atoms with Gasteiger partial charge < -0.3 is 15.9 Å². The summed E-state index contributed by atoms with van der Waals surface area (Å²) in [6.07, 6.45) is 1.14. The van der Waals surface area contributed by atoms with Crippen LogP contribution in [0.4, 0.5) is 0 Å². The van der Waals surface area contributed by atoms with Crippen LogP contribution < -0.4 is 5.73 Å². The van der Waals surface area contributed by atoms with E-state index in [4.69, 9.17) is 15.9 Å².